The molecule has 3 nitrogen and oxygen atoms in total. The average molecular weight is 172 g/mol. The van der Waals surface area contributed by atoms with Gasteiger partial charge in [-0.3, -0.25) is 4.79 Å². The molecule has 0 rings (SSSR count). The van der Waals surface area contributed by atoms with Crippen LogP contribution in [0, 0.1) is 5.92 Å². The molecule has 0 aromatic rings. The number of carbonyl (C=O) groups excluding carboxylic acids is 1. The van der Waals surface area contributed by atoms with Crippen LogP contribution in [0.1, 0.15) is 19.8 Å². The molecule has 0 heterocycles. The predicted molar refractivity (Wildman–Crippen MR) is 51.0 cm³/mol. The fraction of sp³-hybridized carbons (Fsp3) is 0.889. The molecule has 0 aliphatic rings. The molecule has 0 radical (unpaired) electrons. The molecule has 1 unspecified atom stereocenters. The van der Waals surface area contributed by atoms with Gasteiger partial charge in [-0.15, -0.1) is 0 Å². The van der Waals surface area contributed by atoms with E-state index < -0.39 is 0 Å². The molecule has 0 aromatic carbocycles. The zero-order valence-electron chi connectivity index (χ0n) is 8.55. The molecule has 0 aliphatic carbocycles. The second kappa shape index (κ2) is 6.00. The summed E-state index contributed by atoms with van der Waals surface area (Å²) in [6, 6.07) is 0. The average Bonchev–Trinajstić information content (AvgIpc) is 2.00. The van der Waals surface area contributed by atoms with Gasteiger partial charge in [0.2, 0.25) is 5.91 Å². The van der Waals surface area contributed by atoms with Crippen molar-refractivity contribution in [2.24, 2.45) is 5.92 Å². The molecular formula is C9H20N2O. The summed E-state index contributed by atoms with van der Waals surface area (Å²) in [5.41, 5.74) is 0. The van der Waals surface area contributed by atoms with E-state index in [0.29, 0.717) is 12.3 Å². The molecule has 0 saturated carbocycles. The van der Waals surface area contributed by atoms with Crippen LogP contribution in [0.5, 0.6) is 0 Å². The van der Waals surface area contributed by atoms with Crippen molar-refractivity contribution >= 4 is 5.91 Å². The summed E-state index contributed by atoms with van der Waals surface area (Å²) < 4.78 is 0. The van der Waals surface area contributed by atoms with Gasteiger partial charge in [0, 0.05) is 20.5 Å². The van der Waals surface area contributed by atoms with Crippen LogP contribution < -0.4 is 5.32 Å². The smallest absolute Gasteiger partial charge is 0.222 e. The van der Waals surface area contributed by atoms with Crippen LogP contribution >= 0.6 is 0 Å². The van der Waals surface area contributed by atoms with E-state index >= 15 is 0 Å². The lowest BCUT2D eigenvalue weighted by atomic mass is 10.0. The Hall–Kier alpha value is -0.570. The maximum Gasteiger partial charge on any atom is 0.222 e. The Morgan fingerprint density at radius 1 is 1.50 bits per heavy atom. The summed E-state index contributed by atoms with van der Waals surface area (Å²) in [4.78, 5) is 12.9. The highest BCUT2D eigenvalue weighted by molar-refractivity contribution is 5.75. The molecule has 0 aliphatic heterocycles. The summed E-state index contributed by atoms with van der Waals surface area (Å²) in [5.74, 6) is 0.700. The summed E-state index contributed by atoms with van der Waals surface area (Å²) >= 11 is 0. The monoisotopic (exact) mass is 172 g/mol. The molecule has 0 bridgehead atoms. The van der Waals surface area contributed by atoms with E-state index in [2.05, 4.69) is 12.2 Å². The van der Waals surface area contributed by atoms with Crippen molar-refractivity contribution in [3.63, 3.8) is 0 Å². The second-order valence-electron chi connectivity index (χ2n) is 3.49. The van der Waals surface area contributed by atoms with Gasteiger partial charge in [0.05, 0.1) is 0 Å². The fourth-order valence-electron chi connectivity index (χ4n) is 0.973. The van der Waals surface area contributed by atoms with E-state index in [-0.39, 0.29) is 5.91 Å². The first-order valence-corrected chi connectivity index (χ1v) is 4.42. The van der Waals surface area contributed by atoms with Crippen LogP contribution in [0.2, 0.25) is 0 Å². The van der Waals surface area contributed by atoms with Crippen molar-refractivity contribution in [3.8, 4) is 0 Å². The van der Waals surface area contributed by atoms with Gasteiger partial charge in [0.1, 0.15) is 0 Å². The topological polar surface area (TPSA) is 32.3 Å². The first-order valence-electron chi connectivity index (χ1n) is 4.42. The Morgan fingerprint density at radius 2 is 2.08 bits per heavy atom. The molecule has 1 N–H and O–H groups in total. The van der Waals surface area contributed by atoms with Gasteiger partial charge < -0.3 is 10.2 Å². The number of hydrogen-bond acceptors (Lipinski definition) is 2. The lowest BCUT2D eigenvalue weighted by Crippen LogP contribution is -2.24. The Bertz CT molecular complexity index is 134. The lowest BCUT2D eigenvalue weighted by Gasteiger charge is -2.14. The van der Waals surface area contributed by atoms with Gasteiger partial charge in [0.25, 0.3) is 0 Å². The molecule has 1 amide bonds. The highest BCUT2D eigenvalue weighted by Gasteiger charge is 2.09. The van der Waals surface area contributed by atoms with Crippen LogP contribution in [0.15, 0.2) is 0 Å². The molecule has 3 heteroatoms. The second-order valence-corrected chi connectivity index (χ2v) is 3.49. The third-order valence-corrected chi connectivity index (χ3v) is 1.91. The van der Waals surface area contributed by atoms with Gasteiger partial charge in [-0.2, -0.15) is 0 Å². The summed E-state index contributed by atoms with van der Waals surface area (Å²) in [6.45, 7) is 3.10. The van der Waals surface area contributed by atoms with Crippen molar-refractivity contribution in [2.75, 3.05) is 27.7 Å². The molecule has 0 fully saturated rings. The molecule has 72 valence electrons. The molecule has 12 heavy (non-hydrogen) atoms. The van der Waals surface area contributed by atoms with Crippen LogP contribution in [0.25, 0.3) is 0 Å². The van der Waals surface area contributed by atoms with E-state index in [9.17, 15) is 4.79 Å². The molecule has 0 aromatic heterocycles. The number of amides is 1. The zero-order valence-corrected chi connectivity index (χ0v) is 8.55. The number of rotatable bonds is 5. The Labute approximate surface area is 75.1 Å². The van der Waals surface area contributed by atoms with E-state index in [1.165, 1.54) is 0 Å². The van der Waals surface area contributed by atoms with Crippen LogP contribution in [0.4, 0.5) is 0 Å². The maximum absolute atomic E-state index is 11.2. The Kier molecular flexibility index (Phi) is 5.72. The van der Waals surface area contributed by atoms with E-state index in [1.54, 1.807) is 19.0 Å². The van der Waals surface area contributed by atoms with Gasteiger partial charge in [-0.05, 0) is 25.9 Å². The summed E-state index contributed by atoms with van der Waals surface area (Å²) in [6.07, 6.45) is 1.73. The highest BCUT2D eigenvalue weighted by atomic mass is 16.2. The van der Waals surface area contributed by atoms with E-state index in [0.717, 1.165) is 13.0 Å². The van der Waals surface area contributed by atoms with Crippen molar-refractivity contribution in [3.05, 3.63) is 0 Å². The summed E-state index contributed by atoms with van der Waals surface area (Å²) in [7, 11) is 5.53. The number of nitrogens with one attached hydrogen (secondary N) is 1. The number of carbonyl (C=O) groups is 1. The van der Waals surface area contributed by atoms with Crippen molar-refractivity contribution in [1.29, 1.82) is 0 Å². The van der Waals surface area contributed by atoms with Crippen LogP contribution in [0.3, 0.4) is 0 Å². The molecule has 0 spiro atoms. The third kappa shape index (κ3) is 5.13. The lowest BCUT2D eigenvalue weighted by molar-refractivity contribution is -0.129. The highest BCUT2D eigenvalue weighted by Crippen LogP contribution is 2.07. The van der Waals surface area contributed by atoms with Gasteiger partial charge in [-0.1, -0.05) is 6.92 Å². The first-order chi connectivity index (χ1) is 5.57. The molecule has 0 saturated heterocycles. The SMILES string of the molecule is CNCCC(C)CC(=O)N(C)C. The maximum atomic E-state index is 11.2. The largest absolute Gasteiger partial charge is 0.349 e. The Morgan fingerprint density at radius 3 is 2.50 bits per heavy atom. The van der Waals surface area contributed by atoms with Gasteiger partial charge in [-0.25, -0.2) is 0 Å². The van der Waals surface area contributed by atoms with Crippen molar-refractivity contribution < 1.29 is 4.79 Å². The van der Waals surface area contributed by atoms with Crippen molar-refractivity contribution in [1.82, 2.24) is 10.2 Å². The van der Waals surface area contributed by atoms with Crippen molar-refractivity contribution in [2.45, 2.75) is 19.8 Å². The standard InChI is InChI=1S/C9H20N2O/c1-8(5-6-10-2)7-9(12)11(3)4/h8,10H,5-7H2,1-4H3. The molecular weight excluding hydrogens is 152 g/mol. The van der Waals surface area contributed by atoms with Gasteiger partial charge >= 0.3 is 0 Å². The van der Waals surface area contributed by atoms with Crippen LogP contribution in [-0.2, 0) is 4.79 Å². The third-order valence-electron chi connectivity index (χ3n) is 1.91. The quantitative estimate of drug-likeness (QED) is 0.662. The number of hydrogen-bond donors (Lipinski definition) is 1. The zero-order chi connectivity index (χ0) is 9.56. The summed E-state index contributed by atoms with van der Waals surface area (Å²) in [5, 5.41) is 3.08. The van der Waals surface area contributed by atoms with Crippen LogP contribution in [-0.4, -0.2) is 38.5 Å². The molecule has 1 atom stereocenters. The Balaban J connectivity index is 3.54. The minimum absolute atomic E-state index is 0.221. The fourth-order valence-corrected chi connectivity index (χ4v) is 0.973. The minimum Gasteiger partial charge on any atom is -0.349 e. The van der Waals surface area contributed by atoms with E-state index in [1.807, 2.05) is 7.05 Å². The van der Waals surface area contributed by atoms with Gasteiger partial charge in [0.15, 0.2) is 0 Å². The first kappa shape index (κ1) is 11.4. The minimum atomic E-state index is 0.221. The number of nitrogens with zero attached hydrogens (tertiary/aromatic N) is 1. The predicted octanol–water partition coefficient (Wildman–Crippen LogP) is 0.710. The van der Waals surface area contributed by atoms with E-state index in [4.69, 9.17) is 0 Å². The normalized spacial score (nSPS) is 12.7.